The standard InChI is InChI=1S/C19H28N4O2/c1-14(2)13-19(3)17(25)23(18(20)22-19)11-7-10-21-16(24)12-15-8-5-4-6-9-15/h4-6,8-9,14H,7,10-13H2,1-3H3,(H2,20,22)(H,21,24). The van der Waals surface area contributed by atoms with E-state index in [2.05, 4.69) is 24.5 Å². The van der Waals surface area contributed by atoms with Crippen LogP contribution in [0.1, 0.15) is 39.2 Å². The van der Waals surface area contributed by atoms with E-state index < -0.39 is 5.54 Å². The SMILES string of the molecule is CC(C)CC1(C)NC(=N)N(CCCNC(=O)Cc2ccccc2)C1=O. The zero-order valence-electron chi connectivity index (χ0n) is 15.3. The molecule has 25 heavy (non-hydrogen) atoms. The van der Waals surface area contributed by atoms with Gasteiger partial charge in [0.15, 0.2) is 5.96 Å². The lowest BCUT2D eigenvalue weighted by molar-refractivity contribution is -0.131. The van der Waals surface area contributed by atoms with E-state index in [9.17, 15) is 9.59 Å². The van der Waals surface area contributed by atoms with Crippen LogP contribution in [0.15, 0.2) is 30.3 Å². The lowest BCUT2D eigenvalue weighted by Crippen LogP contribution is -2.45. The summed E-state index contributed by atoms with van der Waals surface area (Å²) >= 11 is 0. The molecule has 1 aliphatic heterocycles. The molecule has 1 saturated heterocycles. The molecule has 1 aliphatic rings. The highest BCUT2D eigenvalue weighted by molar-refractivity contribution is 6.07. The molecule has 2 amide bonds. The Morgan fingerprint density at radius 3 is 2.64 bits per heavy atom. The van der Waals surface area contributed by atoms with Crippen LogP contribution in [0.5, 0.6) is 0 Å². The third-order valence-corrected chi connectivity index (χ3v) is 4.29. The van der Waals surface area contributed by atoms with Crippen LogP contribution in [-0.4, -0.2) is 41.3 Å². The summed E-state index contributed by atoms with van der Waals surface area (Å²) in [5.74, 6) is 0.439. The molecule has 0 aromatic heterocycles. The molecule has 6 heteroatoms. The highest BCUT2D eigenvalue weighted by Crippen LogP contribution is 2.24. The van der Waals surface area contributed by atoms with Crippen molar-refractivity contribution in [2.75, 3.05) is 13.1 Å². The van der Waals surface area contributed by atoms with Crippen molar-refractivity contribution in [3.05, 3.63) is 35.9 Å². The molecule has 1 heterocycles. The van der Waals surface area contributed by atoms with Gasteiger partial charge in [0.1, 0.15) is 5.54 Å². The number of benzene rings is 1. The van der Waals surface area contributed by atoms with Gasteiger partial charge in [0, 0.05) is 13.1 Å². The zero-order valence-corrected chi connectivity index (χ0v) is 15.3. The van der Waals surface area contributed by atoms with Crippen LogP contribution >= 0.6 is 0 Å². The van der Waals surface area contributed by atoms with E-state index in [0.717, 1.165) is 5.56 Å². The Hall–Kier alpha value is -2.37. The second-order valence-corrected chi connectivity index (χ2v) is 7.23. The lowest BCUT2D eigenvalue weighted by atomic mass is 9.91. The van der Waals surface area contributed by atoms with Gasteiger partial charge in [-0.15, -0.1) is 0 Å². The van der Waals surface area contributed by atoms with E-state index in [4.69, 9.17) is 5.41 Å². The Bertz CT molecular complexity index is 630. The van der Waals surface area contributed by atoms with Gasteiger partial charge >= 0.3 is 0 Å². The summed E-state index contributed by atoms with van der Waals surface area (Å²) in [6, 6.07) is 9.59. The van der Waals surface area contributed by atoms with Gasteiger partial charge in [0.25, 0.3) is 5.91 Å². The van der Waals surface area contributed by atoms with E-state index >= 15 is 0 Å². The number of carbonyl (C=O) groups is 2. The average Bonchev–Trinajstić information content (AvgIpc) is 2.74. The second kappa shape index (κ2) is 8.14. The first kappa shape index (κ1) is 19.0. The van der Waals surface area contributed by atoms with E-state index in [1.165, 1.54) is 4.90 Å². The number of guanidine groups is 1. The Balaban J connectivity index is 1.75. The van der Waals surface area contributed by atoms with Crippen molar-refractivity contribution in [2.45, 2.75) is 45.6 Å². The van der Waals surface area contributed by atoms with Gasteiger partial charge in [-0.3, -0.25) is 19.9 Å². The fourth-order valence-corrected chi connectivity index (χ4v) is 3.26. The molecule has 0 aliphatic carbocycles. The summed E-state index contributed by atoms with van der Waals surface area (Å²) in [6.07, 6.45) is 1.67. The first-order chi connectivity index (χ1) is 11.8. The molecule has 0 saturated carbocycles. The van der Waals surface area contributed by atoms with Gasteiger partial charge in [-0.05, 0) is 31.2 Å². The molecule has 1 aromatic rings. The summed E-state index contributed by atoms with van der Waals surface area (Å²) in [5.41, 5.74) is 0.284. The highest BCUT2D eigenvalue weighted by atomic mass is 16.2. The molecule has 3 N–H and O–H groups in total. The summed E-state index contributed by atoms with van der Waals surface area (Å²) in [6.45, 7) is 6.91. The quantitative estimate of drug-likeness (QED) is 0.630. The first-order valence-electron chi connectivity index (χ1n) is 8.81. The average molecular weight is 344 g/mol. The maximum atomic E-state index is 12.6. The van der Waals surface area contributed by atoms with Crippen LogP contribution < -0.4 is 10.6 Å². The first-order valence-corrected chi connectivity index (χ1v) is 8.81. The Labute approximate surface area is 149 Å². The second-order valence-electron chi connectivity index (χ2n) is 7.23. The van der Waals surface area contributed by atoms with Crippen molar-refractivity contribution in [1.29, 1.82) is 5.41 Å². The molecule has 1 atom stereocenters. The number of hydrogen-bond acceptors (Lipinski definition) is 3. The summed E-state index contributed by atoms with van der Waals surface area (Å²) in [7, 11) is 0. The van der Waals surface area contributed by atoms with Crippen LogP contribution in [0.4, 0.5) is 0 Å². The lowest BCUT2D eigenvalue weighted by Gasteiger charge is -2.24. The third kappa shape index (κ3) is 5.05. The van der Waals surface area contributed by atoms with E-state index in [-0.39, 0.29) is 17.8 Å². The number of hydrogen-bond donors (Lipinski definition) is 3. The molecule has 0 spiro atoms. The van der Waals surface area contributed by atoms with Crippen molar-refractivity contribution >= 4 is 17.8 Å². The molecule has 136 valence electrons. The number of amides is 2. The molecule has 6 nitrogen and oxygen atoms in total. The van der Waals surface area contributed by atoms with Crippen molar-refractivity contribution in [1.82, 2.24) is 15.5 Å². The van der Waals surface area contributed by atoms with Gasteiger partial charge in [-0.25, -0.2) is 0 Å². The monoisotopic (exact) mass is 344 g/mol. The highest BCUT2D eigenvalue weighted by Gasteiger charge is 2.45. The predicted octanol–water partition coefficient (Wildman–Crippen LogP) is 1.91. The van der Waals surface area contributed by atoms with E-state index in [1.807, 2.05) is 37.3 Å². The summed E-state index contributed by atoms with van der Waals surface area (Å²) in [5, 5.41) is 13.9. The van der Waals surface area contributed by atoms with Crippen LogP contribution in [0.2, 0.25) is 0 Å². The molecular formula is C19H28N4O2. The van der Waals surface area contributed by atoms with E-state index in [0.29, 0.717) is 38.3 Å². The van der Waals surface area contributed by atoms with E-state index in [1.54, 1.807) is 0 Å². The molecule has 1 aromatic carbocycles. The van der Waals surface area contributed by atoms with Crippen molar-refractivity contribution in [3.8, 4) is 0 Å². The van der Waals surface area contributed by atoms with Crippen LogP contribution in [0, 0.1) is 11.3 Å². The van der Waals surface area contributed by atoms with Gasteiger partial charge in [0.05, 0.1) is 6.42 Å². The molecular weight excluding hydrogens is 316 g/mol. The number of nitrogens with one attached hydrogen (secondary N) is 3. The number of carbonyl (C=O) groups excluding carboxylic acids is 2. The third-order valence-electron chi connectivity index (χ3n) is 4.29. The maximum absolute atomic E-state index is 12.6. The minimum absolute atomic E-state index is 0.0307. The molecule has 0 radical (unpaired) electrons. The van der Waals surface area contributed by atoms with Gasteiger partial charge in [-0.2, -0.15) is 0 Å². The largest absolute Gasteiger partial charge is 0.356 e. The van der Waals surface area contributed by atoms with Gasteiger partial charge in [-0.1, -0.05) is 44.2 Å². The van der Waals surface area contributed by atoms with Crippen LogP contribution in [-0.2, 0) is 16.0 Å². The zero-order chi connectivity index (χ0) is 18.4. The summed E-state index contributed by atoms with van der Waals surface area (Å²) < 4.78 is 0. The van der Waals surface area contributed by atoms with Crippen molar-refractivity contribution < 1.29 is 9.59 Å². The fourth-order valence-electron chi connectivity index (χ4n) is 3.26. The van der Waals surface area contributed by atoms with Gasteiger partial charge in [0.2, 0.25) is 5.91 Å². The normalized spacial score (nSPS) is 20.1. The topological polar surface area (TPSA) is 85.3 Å². The Kier molecular flexibility index (Phi) is 6.17. The Morgan fingerprint density at radius 2 is 2.00 bits per heavy atom. The van der Waals surface area contributed by atoms with Crippen LogP contribution in [0.25, 0.3) is 0 Å². The van der Waals surface area contributed by atoms with Gasteiger partial charge < -0.3 is 10.6 Å². The smallest absolute Gasteiger partial charge is 0.254 e. The number of nitrogens with zero attached hydrogens (tertiary/aromatic N) is 1. The van der Waals surface area contributed by atoms with Crippen LogP contribution in [0.3, 0.4) is 0 Å². The number of rotatable bonds is 8. The minimum Gasteiger partial charge on any atom is -0.356 e. The Morgan fingerprint density at radius 1 is 1.32 bits per heavy atom. The predicted molar refractivity (Wildman–Crippen MR) is 98.2 cm³/mol. The molecule has 0 bridgehead atoms. The van der Waals surface area contributed by atoms with Crippen molar-refractivity contribution in [3.63, 3.8) is 0 Å². The molecule has 2 rings (SSSR count). The molecule has 1 unspecified atom stereocenters. The minimum atomic E-state index is -0.693. The molecule has 1 fully saturated rings. The van der Waals surface area contributed by atoms with Crippen molar-refractivity contribution in [2.24, 2.45) is 5.92 Å². The summed E-state index contributed by atoms with van der Waals surface area (Å²) in [4.78, 5) is 26.0. The maximum Gasteiger partial charge on any atom is 0.254 e. The fraction of sp³-hybridized carbons (Fsp3) is 0.526.